The van der Waals surface area contributed by atoms with Crippen LogP contribution in [0.15, 0.2) is 29.8 Å². The fourth-order valence-corrected chi connectivity index (χ4v) is 1.42. The van der Waals surface area contributed by atoms with Crippen LogP contribution in [0.4, 0.5) is 0 Å². The Bertz CT molecular complexity index is 500. The zero-order valence-corrected chi connectivity index (χ0v) is 11.8. The van der Waals surface area contributed by atoms with Gasteiger partial charge in [-0.2, -0.15) is 0 Å². The quantitative estimate of drug-likeness (QED) is 0.387. The molecule has 0 spiro atoms. The second kappa shape index (κ2) is 7.33. The smallest absolute Gasteiger partial charge is 0.345 e. The average molecular weight is 278 g/mol. The van der Waals surface area contributed by atoms with Crippen LogP contribution in [0, 0.1) is 0 Å². The molecule has 1 aromatic carbocycles. The molecule has 108 valence electrons. The molecule has 0 fully saturated rings. The van der Waals surface area contributed by atoms with Crippen LogP contribution in [0.25, 0.3) is 6.08 Å². The molecule has 0 bridgehead atoms. The van der Waals surface area contributed by atoms with Crippen LogP contribution in [-0.4, -0.2) is 29.8 Å². The van der Waals surface area contributed by atoms with Gasteiger partial charge >= 0.3 is 11.9 Å². The summed E-state index contributed by atoms with van der Waals surface area (Å²) in [7, 11) is 0. The van der Waals surface area contributed by atoms with Crippen LogP contribution < -0.4 is 0 Å². The molecule has 20 heavy (non-hydrogen) atoms. The Hall–Kier alpha value is -2.30. The summed E-state index contributed by atoms with van der Waals surface area (Å²) >= 11 is 0. The summed E-state index contributed by atoms with van der Waals surface area (Å²) in [5, 5.41) is 9.21. The minimum Gasteiger partial charge on any atom is -0.508 e. The van der Waals surface area contributed by atoms with Crippen molar-refractivity contribution in [1.29, 1.82) is 0 Å². The second-order valence-corrected chi connectivity index (χ2v) is 4.32. The molecular formula is C15H18O5. The maximum absolute atomic E-state index is 11.9. The van der Waals surface area contributed by atoms with E-state index in [1.165, 1.54) is 18.2 Å². The van der Waals surface area contributed by atoms with E-state index in [2.05, 4.69) is 0 Å². The van der Waals surface area contributed by atoms with Gasteiger partial charge in [0.1, 0.15) is 11.3 Å². The molecule has 1 rings (SSSR count). The Morgan fingerprint density at radius 3 is 2.30 bits per heavy atom. The van der Waals surface area contributed by atoms with E-state index in [1.54, 1.807) is 32.9 Å². The molecule has 0 aliphatic carbocycles. The van der Waals surface area contributed by atoms with Crippen molar-refractivity contribution in [2.45, 2.75) is 26.9 Å². The minimum atomic E-state index is -0.730. The lowest BCUT2D eigenvalue weighted by Crippen LogP contribution is -2.21. The number of carbonyl (C=O) groups excluding carboxylic acids is 2. The number of rotatable bonds is 5. The minimum absolute atomic E-state index is 0.101. The number of phenols is 1. The van der Waals surface area contributed by atoms with Crippen molar-refractivity contribution in [3.8, 4) is 5.75 Å². The number of esters is 2. The topological polar surface area (TPSA) is 72.8 Å². The van der Waals surface area contributed by atoms with E-state index < -0.39 is 11.9 Å². The highest BCUT2D eigenvalue weighted by molar-refractivity contribution is 6.17. The van der Waals surface area contributed by atoms with Gasteiger partial charge in [-0.25, -0.2) is 9.59 Å². The summed E-state index contributed by atoms with van der Waals surface area (Å²) in [5.41, 5.74) is 0.415. The fraction of sp³-hybridized carbons (Fsp3) is 0.333. The van der Waals surface area contributed by atoms with E-state index in [9.17, 15) is 14.7 Å². The molecule has 0 aliphatic heterocycles. The van der Waals surface area contributed by atoms with Gasteiger partial charge < -0.3 is 14.6 Å². The Morgan fingerprint density at radius 1 is 1.20 bits per heavy atom. The van der Waals surface area contributed by atoms with Crippen LogP contribution >= 0.6 is 0 Å². The summed E-state index contributed by atoms with van der Waals surface area (Å²) in [5.74, 6) is -1.36. The van der Waals surface area contributed by atoms with Gasteiger partial charge in [-0.15, -0.1) is 0 Å². The molecule has 5 nitrogen and oxygen atoms in total. The van der Waals surface area contributed by atoms with E-state index in [4.69, 9.17) is 9.47 Å². The zero-order valence-electron chi connectivity index (χ0n) is 11.8. The van der Waals surface area contributed by atoms with Crippen molar-refractivity contribution in [2.24, 2.45) is 0 Å². The standard InChI is InChI=1S/C15H18O5/c1-4-19-14(17)13(15(18)20-10(2)3)9-11-5-7-12(16)8-6-11/h5-10,16H,4H2,1-3H3. The van der Waals surface area contributed by atoms with Crippen molar-refractivity contribution in [2.75, 3.05) is 6.61 Å². The Kier molecular flexibility index (Phi) is 5.77. The number of hydrogen-bond donors (Lipinski definition) is 1. The van der Waals surface area contributed by atoms with Crippen LogP contribution in [-0.2, 0) is 19.1 Å². The number of benzene rings is 1. The lowest BCUT2D eigenvalue weighted by atomic mass is 10.1. The lowest BCUT2D eigenvalue weighted by Gasteiger charge is -2.10. The third-order valence-electron chi connectivity index (χ3n) is 2.26. The third-order valence-corrected chi connectivity index (χ3v) is 2.26. The first-order valence-electron chi connectivity index (χ1n) is 6.33. The molecule has 5 heteroatoms. The first-order valence-corrected chi connectivity index (χ1v) is 6.33. The van der Waals surface area contributed by atoms with Gasteiger partial charge in [-0.05, 0) is 44.5 Å². The van der Waals surface area contributed by atoms with Gasteiger partial charge in [0.05, 0.1) is 12.7 Å². The first-order chi connectivity index (χ1) is 9.43. The van der Waals surface area contributed by atoms with Crippen LogP contribution in [0.3, 0.4) is 0 Å². The second-order valence-electron chi connectivity index (χ2n) is 4.32. The van der Waals surface area contributed by atoms with Crippen molar-refractivity contribution in [1.82, 2.24) is 0 Å². The van der Waals surface area contributed by atoms with E-state index in [1.807, 2.05) is 0 Å². The molecule has 0 saturated carbocycles. The van der Waals surface area contributed by atoms with Gasteiger partial charge in [0.2, 0.25) is 0 Å². The van der Waals surface area contributed by atoms with Gasteiger partial charge in [0.25, 0.3) is 0 Å². The van der Waals surface area contributed by atoms with Crippen molar-refractivity contribution in [3.63, 3.8) is 0 Å². The Labute approximate surface area is 117 Å². The maximum atomic E-state index is 11.9. The number of phenolic OH excluding ortho intramolecular Hbond substituents is 1. The van der Waals surface area contributed by atoms with Crippen LogP contribution in [0.2, 0.25) is 0 Å². The number of aromatic hydroxyl groups is 1. The van der Waals surface area contributed by atoms with E-state index in [-0.39, 0.29) is 24.0 Å². The van der Waals surface area contributed by atoms with Gasteiger partial charge in [-0.1, -0.05) is 12.1 Å². The molecule has 0 aliphatic rings. The summed E-state index contributed by atoms with van der Waals surface area (Å²) < 4.78 is 9.86. The first kappa shape index (κ1) is 15.8. The number of hydrogen-bond acceptors (Lipinski definition) is 5. The van der Waals surface area contributed by atoms with Crippen LogP contribution in [0.5, 0.6) is 5.75 Å². The summed E-state index contributed by atoms with van der Waals surface area (Å²) in [4.78, 5) is 23.7. The lowest BCUT2D eigenvalue weighted by molar-refractivity contribution is -0.148. The maximum Gasteiger partial charge on any atom is 0.345 e. The molecule has 0 atom stereocenters. The summed E-state index contributed by atoms with van der Waals surface area (Å²) in [6.45, 7) is 5.22. The molecule has 0 aromatic heterocycles. The van der Waals surface area contributed by atoms with Crippen LogP contribution in [0.1, 0.15) is 26.3 Å². The molecule has 0 amide bonds. The highest BCUT2D eigenvalue weighted by atomic mass is 16.6. The van der Waals surface area contributed by atoms with Gasteiger partial charge in [0, 0.05) is 0 Å². The average Bonchev–Trinajstić information content (AvgIpc) is 2.37. The van der Waals surface area contributed by atoms with Crippen molar-refractivity contribution >= 4 is 18.0 Å². The van der Waals surface area contributed by atoms with E-state index in [0.29, 0.717) is 5.56 Å². The fourth-order valence-electron chi connectivity index (χ4n) is 1.42. The normalized spacial score (nSPS) is 11.3. The highest BCUT2D eigenvalue weighted by Gasteiger charge is 2.22. The largest absolute Gasteiger partial charge is 0.508 e. The predicted molar refractivity (Wildman–Crippen MR) is 73.9 cm³/mol. The van der Waals surface area contributed by atoms with E-state index in [0.717, 1.165) is 0 Å². The van der Waals surface area contributed by atoms with E-state index >= 15 is 0 Å². The number of ether oxygens (including phenoxy) is 2. The summed E-state index contributed by atoms with van der Waals surface area (Å²) in [6.07, 6.45) is 1.04. The van der Waals surface area contributed by atoms with Gasteiger partial charge in [0.15, 0.2) is 0 Å². The molecule has 0 unspecified atom stereocenters. The molecule has 1 aromatic rings. The predicted octanol–water partition coefficient (Wildman–Crippen LogP) is 2.29. The van der Waals surface area contributed by atoms with Crippen molar-refractivity contribution in [3.05, 3.63) is 35.4 Å². The monoisotopic (exact) mass is 278 g/mol. The molecular weight excluding hydrogens is 260 g/mol. The number of carbonyl (C=O) groups is 2. The summed E-state index contributed by atoms with van der Waals surface area (Å²) in [6, 6.07) is 6.08. The Morgan fingerprint density at radius 2 is 1.80 bits per heavy atom. The third kappa shape index (κ3) is 4.76. The molecule has 0 heterocycles. The molecule has 0 saturated heterocycles. The Balaban J connectivity index is 3.06. The molecule has 0 radical (unpaired) electrons. The zero-order chi connectivity index (χ0) is 15.1. The SMILES string of the molecule is CCOC(=O)C(=Cc1ccc(O)cc1)C(=O)OC(C)C. The van der Waals surface area contributed by atoms with Crippen molar-refractivity contribution < 1.29 is 24.2 Å². The molecule has 1 N–H and O–H groups in total. The van der Waals surface area contributed by atoms with Gasteiger partial charge in [-0.3, -0.25) is 0 Å². The highest BCUT2D eigenvalue weighted by Crippen LogP contribution is 2.15.